The van der Waals surface area contributed by atoms with E-state index in [4.69, 9.17) is 4.74 Å². The fraction of sp³-hybridized carbons (Fsp3) is 0.304. The molecule has 1 amide bonds. The summed E-state index contributed by atoms with van der Waals surface area (Å²) in [6.45, 7) is 5.10. The number of nitrogens with zero attached hydrogens (tertiary/aromatic N) is 2. The fourth-order valence-corrected chi connectivity index (χ4v) is 6.11. The highest BCUT2D eigenvalue weighted by Crippen LogP contribution is 2.32. The zero-order valence-electron chi connectivity index (χ0n) is 18.3. The first kappa shape index (κ1) is 23.3. The van der Waals surface area contributed by atoms with E-state index in [1.165, 1.54) is 21.7 Å². The van der Waals surface area contributed by atoms with Crippen LogP contribution in [0, 0.1) is 12.7 Å². The van der Waals surface area contributed by atoms with E-state index in [-0.39, 0.29) is 5.56 Å². The number of halogens is 1. The summed E-state index contributed by atoms with van der Waals surface area (Å²) in [4.78, 5) is 17.8. The molecule has 0 radical (unpaired) electrons. The Morgan fingerprint density at radius 3 is 2.55 bits per heavy atom. The summed E-state index contributed by atoms with van der Waals surface area (Å²) in [5, 5.41) is 3.07. The van der Waals surface area contributed by atoms with Crippen LogP contribution in [0.1, 0.15) is 35.0 Å². The highest BCUT2D eigenvalue weighted by Gasteiger charge is 2.30. The van der Waals surface area contributed by atoms with Crippen molar-refractivity contribution in [1.29, 1.82) is 0 Å². The summed E-state index contributed by atoms with van der Waals surface area (Å²) in [7, 11) is -3.99. The Labute approximate surface area is 196 Å². The maximum Gasteiger partial charge on any atom is 0.257 e. The number of thiazole rings is 1. The van der Waals surface area contributed by atoms with E-state index in [9.17, 15) is 17.6 Å². The minimum atomic E-state index is -3.99. The van der Waals surface area contributed by atoms with Crippen LogP contribution in [0.15, 0.2) is 47.4 Å². The smallest absolute Gasteiger partial charge is 0.257 e. The van der Waals surface area contributed by atoms with Gasteiger partial charge in [-0.05, 0) is 69.2 Å². The van der Waals surface area contributed by atoms with Gasteiger partial charge in [0.25, 0.3) is 5.91 Å². The van der Waals surface area contributed by atoms with Crippen molar-refractivity contribution in [2.24, 2.45) is 0 Å². The van der Waals surface area contributed by atoms with Crippen molar-refractivity contribution in [2.75, 3.05) is 25.0 Å². The summed E-state index contributed by atoms with van der Waals surface area (Å²) in [5.74, 6) is -0.667. The van der Waals surface area contributed by atoms with Crippen molar-refractivity contribution < 1.29 is 22.3 Å². The molecule has 0 aliphatic carbocycles. The van der Waals surface area contributed by atoms with Crippen molar-refractivity contribution in [3.05, 3.63) is 58.7 Å². The molecule has 2 aromatic carbocycles. The number of carbonyl (C=O) groups is 1. The van der Waals surface area contributed by atoms with Crippen LogP contribution in [0.2, 0.25) is 0 Å². The average molecular weight is 490 g/mol. The number of hydrogen-bond donors (Lipinski definition) is 1. The van der Waals surface area contributed by atoms with Gasteiger partial charge in [0.05, 0.1) is 12.3 Å². The Morgan fingerprint density at radius 2 is 1.88 bits per heavy atom. The Balaban J connectivity index is 1.55. The van der Waals surface area contributed by atoms with E-state index >= 15 is 0 Å². The Kier molecular flexibility index (Phi) is 6.78. The SMILES string of the molecule is CCOc1ccc(-c2nc(NC(=O)c3ccc(F)c(S(=O)(=O)N4CCCC4)c3)sc2C)cc1. The number of sulfonamides is 1. The quantitative estimate of drug-likeness (QED) is 0.520. The second-order valence-corrected chi connectivity index (χ2v) is 10.7. The predicted molar refractivity (Wildman–Crippen MR) is 126 cm³/mol. The molecule has 0 saturated carbocycles. The zero-order valence-corrected chi connectivity index (χ0v) is 19.9. The third-order valence-electron chi connectivity index (χ3n) is 5.33. The highest BCUT2D eigenvalue weighted by molar-refractivity contribution is 7.89. The fourth-order valence-electron chi connectivity index (χ4n) is 3.67. The number of nitrogens with one attached hydrogen (secondary N) is 1. The molecule has 2 heterocycles. The maximum atomic E-state index is 14.4. The van der Waals surface area contributed by atoms with E-state index in [0.717, 1.165) is 46.9 Å². The molecule has 3 aromatic rings. The van der Waals surface area contributed by atoms with E-state index in [1.807, 2.05) is 38.1 Å². The summed E-state index contributed by atoms with van der Waals surface area (Å²) in [6.07, 6.45) is 1.47. The van der Waals surface area contributed by atoms with E-state index in [0.29, 0.717) is 24.8 Å². The molecule has 1 N–H and O–H groups in total. The normalized spacial score (nSPS) is 14.4. The number of aryl methyl sites for hydroxylation is 1. The van der Waals surface area contributed by atoms with Gasteiger partial charge in [-0.25, -0.2) is 17.8 Å². The largest absolute Gasteiger partial charge is 0.494 e. The van der Waals surface area contributed by atoms with E-state index < -0.39 is 26.6 Å². The van der Waals surface area contributed by atoms with E-state index in [1.54, 1.807) is 0 Å². The molecule has 33 heavy (non-hydrogen) atoms. The molecule has 0 unspecified atom stereocenters. The summed E-state index contributed by atoms with van der Waals surface area (Å²) in [5.41, 5.74) is 1.66. The Bertz CT molecular complexity index is 1270. The van der Waals surface area contributed by atoms with Gasteiger partial charge in [-0.3, -0.25) is 10.1 Å². The number of rotatable bonds is 7. The molecular formula is C23H24FN3O4S2. The minimum Gasteiger partial charge on any atom is -0.494 e. The van der Waals surface area contributed by atoms with Crippen molar-refractivity contribution in [1.82, 2.24) is 9.29 Å². The van der Waals surface area contributed by atoms with Crippen LogP contribution in [-0.2, 0) is 10.0 Å². The van der Waals surface area contributed by atoms with Crippen LogP contribution in [0.5, 0.6) is 5.75 Å². The molecule has 0 bridgehead atoms. The molecular weight excluding hydrogens is 465 g/mol. The lowest BCUT2D eigenvalue weighted by atomic mass is 10.1. The van der Waals surface area contributed by atoms with Crippen LogP contribution in [-0.4, -0.2) is 43.3 Å². The van der Waals surface area contributed by atoms with Gasteiger partial charge in [0.1, 0.15) is 16.5 Å². The molecule has 7 nitrogen and oxygen atoms in total. The van der Waals surface area contributed by atoms with Gasteiger partial charge in [0, 0.05) is 29.1 Å². The summed E-state index contributed by atoms with van der Waals surface area (Å²) < 4.78 is 46.7. The first-order chi connectivity index (χ1) is 15.8. The number of amides is 1. The van der Waals surface area contributed by atoms with Crippen molar-refractivity contribution in [2.45, 2.75) is 31.6 Å². The van der Waals surface area contributed by atoms with Crippen LogP contribution < -0.4 is 10.1 Å². The molecule has 1 aromatic heterocycles. The molecule has 1 aliphatic heterocycles. The van der Waals surface area contributed by atoms with Crippen molar-refractivity contribution >= 4 is 32.4 Å². The number of hydrogen-bond acceptors (Lipinski definition) is 6. The highest BCUT2D eigenvalue weighted by atomic mass is 32.2. The second kappa shape index (κ2) is 9.58. The first-order valence-corrected chi connectivity index (χ1v) is 12.9. The molecule has 1 aliphatic rings. The van der Waals surface area contributed by atoms with Gasteiger partial charge in [-0.1, -0.05) is 0 Å². The molecule has 0 spiro atoms. The molecule has 174 valence electrons. The number of ether oxygens (including phenoxy) is 1. The monoisotopic (exact) mass is 489 g/mol. The van der Waals surface area contributed by atoms with Crippen LogP contribution in [0.4, 0.5) is 9.52 Å². The van der Waals surface area contributed by atoms with Gasteiger partial charge >= 0.3 is 0 Å². The Hall–Kier alpha value is -2.82. The number of benzene rings is 2. The molecule has 0 atom stereocenters. The number of anilines is 1. The van der Waals surface area contributed by atoms with Gasteiger partial charge in [-0.2, -0.15) is 4.31 Å². The van der Waals surface area contributed by atoms with Gasteiger partial charge < -0.3 is 4.74 Å². The standard InChI is InChI=1S/C23H24FN3O4S2/c1-3-31-18-9-6-16(7-10-18)21-15(2)32-23(25-21)26-22(28)17-8-11-19(24)20(14-17)33(29,30)27-12-4-5-13-27/h6-11,14H,3-5,12-13H2,1-2H3,(H,25,26,28). The molecule has 4 rings (SSSR count). The van der Waals surface area contributed by atoms with E-state index in [2.05, 4.69) is 10.3 Å². The molecule has 10 heteroatoms. The van der Waals surface area contributed by atoms with Crippen molar-refractivity contribution in [3.63, 3.8) is 0 Å². The number of carbonyl (C=O) groups excluding carboxylic acids is 1. The van der Waals surface area contributed by atoms with Crippen LogP contribution in [0.3, 0.4) is 0 Å². The van der Waals surface area contributed by atoms with Crippen molar-refractivity contribution in [3.8, 4) is 17.0 Å². The maximum absolute atomic E-state index is 14.4. The van der Waals surface area contributed by atoms with Gasteiger partial charge in [0.2, 0.25) is 10.0 Å². The second-order valence-electron chi connectivity index (χ2n) is 7.59. The average Bonchev–Trinajstić information content (AvgIpc) is 3.45. The number of aromatic nitrogens is 1. The predicted octanol–water partition coefficient (Wildman–Crippen LogP) is 4.69. The molecule has 1 fully saturated rings. The van der Waals surface area contributed by atoms with Gasteiger partial charge in [0.15, 0.2) is 5.13 Å². The van der Waals surface area contributed by atoms with Crippen LogP contribution >= 0.6 is 11.3 Å². The van der Waals surface area contributed by atoms with Gasteiger partial charge in [-0.15, -0.1) is 11.3 Å². The first-order valence-electron chi connectivity index (χ1n) is 10.6. The topological polar surface area (TPSA) is 88.6 Å². The van der Waals surface area contributed by atoms with Crippen LogP contribution in [0.25, 0.3) is 11.3 Å². The zero-order chi connectivity index (χ0) is 23.6. The summed E-state index contributed by atoms with van der Waals surface area (Å²) >= 11 is 1.31. The third-order valence-corrected chi connectivity index (χ3v) is 8.13. The lowest BCUT2D eigenvalue weighted by Crippen LogP contribution is -2.29. The lowest BCUT2D eigenvalue weighted by Gasteiger charge is -2.16. The lowest BCUT2D eigenvalue weighted by molar-refractivity contribution is 0.102. The minimum absolute atomic E-state index is 0.0460. The summed E-state index contributed by atoms with van der Waals surface area (Å²) in [6, 6.07) is 10.9. The Morgan fingerprint density at radius 1 is 1.18 bits per heavy atom. The third kappa shape index (κ3) is 4.92. The molecule has 1 saturated heterocycles.